The molecule has 4 aliphatic carbocycles. The predicted octanol–water partition coefficient (Wildman–Crippen LogP) is 14.3. The Morgan fingerprint density at radius 2 is 0.912 bits per heavy atom. The highest BCUT2D eigenvalue weighted by molar-refractivity contribution is 5.93. The fraction of sp³-hybridized carbons (Fsp3) is 0.164. The van der Waals surface area contributed by atoms with E-state index < -0.39 is 5.41 Å². The van der Waals surface area contributed by atoms with Crippen LogP contribution in [0.3, 0.4) is 0 Å². The molecule has 1 aliphatic heterocycles. The van der Waals surface area contributed by atoms with Gasteiger partial charge in [-0.2, -0.15) is 0 Å². The quantitative estimate of drug-likeness (QED) is 0.179. The lowest BCUT2D eigenvalue weighted by atomic mass is 9.66. The van der Waals surface area contributed by atoms with Crippen molar-refractivity contribution in [3.63, 3.8) is 0 Å². The van der Waals surface area contributed by atoms with Crippen LogP contribution < -0.4 is 9.64 Å². The van der Waals surface area contributed by atoms with Gasteiger partial charge in [-0.15, -0.1) is 0 Å². The molecule has 0 amide bonds. The van der Waals surface area contributed by atoms with E-state index >= 15 is 0 Å². The first-order chi connectivity index (χ1) is 27.8. The van der Waals surface area contributed by atoms with Crippen molar-refractivity contribution in [2.24, 2.45) is 0 Å². The Balaban J connectivity index is 1.12. The molecule has 2 heteroatoms. The monoisotopic (exact) mass is 733 g/mol. The summed E-state index contributed by atoms with van der Waals surface area (Å²) in [5.74, 6) is 1.82. The van der Waals surface area contributed by atoms with E-state index in [4.69, 9.17) is 4.74 Å². The zero-order chi connectivity index (χ0) is 38.3. The molecule has 1 spiro atoms. The lowest BCUT2D eigenvalue weighted by Crippen LogP contribution is -2.32. The molecule has 2 nitrogen and oxygen atoms in total. The highest BCUT2D eigenvalue weighted by Crippen LogP contribution is 2.63. The number of hydrogen-bond donors (Lipinski definition) is 0. The van der Waals surface area contributed by atoms with Crippen LogP contribution in [0.4, 0.5) is 17.1 Å². The molecule has 7 aromatic rings. The summed E-state index contributed by atoms with van der Waals surface area (Å²) in [4.78, 5) is 2.52. The predicted molar refractivity (Wildman–Crippen MR) is 234 cm³/mol. The van der Waals surface area contributed by atoms with Crippen LogP contribution >= 0.6 is 0 Å². The first kappa shape index (κ1) is 32.8. The van der Waals surface area contributed by atoms with Gasteiger partial charge in [-0.3, -0.25) is 0 Å². The number of nitrogens with zero attached hydrogens (tertiary/aromatic N) is 1. The third-order valence-corrected chi connectivity index (χ3v) is 14.1. The fourth-order valence-corrected chi connectivity index (χ4v) is 11.4. The Bertz CT molecular complexity index is 2910. The highest BCUT2D eigenvalue weighted by Gasteiger charge is 2.51. The summed E-state index contributed by atoms with van der Waals surface area (Å²) >= 11 is 0. The SMILES string of the molecule is CC1(C)C2=C(C=CCC2)c2ccc(N(c3ccc4c(c3)C(C)(C)c3ccccc3-4)c3ccc4c(c3)C3(c5ccccc5Oc5ccccc53)c3ccccc3-4)cc21. The number of rotatable bonds is 3. The largest absolute Gasteiger partial charge is 0.457 e. The summed E-state index contributed by atoms with van der Waals surface area (Å²) in [5.41, 5.74) is 21.5. The minimum absolute atomic E-state index is 0.0438. The molecule has 0 atom stereocenters. The van der Waals surface area contributed by atoms with Crippen molar-refractivity contribution in [3.8, 4) is 33.8 Å². The molecule has 57 heavy (non-hydrogen) atoms. The summed E-state index contributed by atoms with van der Waals surface area (Å²) in [5, 5.41) is 0. The lowest BCUT2D eigenvalue weighted by Gasteiger charge is -2.39. The van der Waals surface area contributed by atoms with Crippen LogP contribution in [0.15, 0.2) is 169 Å². The molecule has 0 radical (unpaired) electrons. The van der Waals surface area contributed by atoms with E-state index in [1.807, 2.05) is 0 Å². The Labute approximate surface area is 335 Å². The molecule has 7 aromatic carbocycles. The maximum Gasteiger partial charge on any atom is 0.132 e. The van der Waals surface area contributed by atoms with Crippen molar-refractivity contribution in [3.05, 3.63) is 214 Å². The van der Waals surface area contributed by atoms with Gasteiger partial charge in [0.05, 0.1) is 5.41 Å². The third kappa shape index (κ3) is 4.20. The van der Waals surface area contributed by atoms with Crippen LogP contribution in [-0.4, -0.2) is 0 Å². The van der Waals surface area contributed by atoms with Gasteiger partial charge < -0.3 is 9.64 Å². The van der Waals surface area contributed by atoms with E-state index in [0.717, 1.165) is 30.0 Å². The molecule has 0 fully saturated rings. The van der Waals surface area contributed by atoms with Gasteiger partial charge >= 0.3 is 0 Å². The molecular weight excluding hydrogens is 691 g/mol. The van der Waals surface area contributed by atoms with E-state index in [1.165, 1.54) is 83.7 Å². The van der Waals surface area contributed by atoms with Gasteiger partial charge in [-0.25, -0.2) is 0 Å². The van der Waals surface area contributed by atoms with Gasteiger partial charge in [0, 0.05) is 39.0 Å². The van der Waals surface area contributed by atoms with E-state index in [-0.39, 0.29) is 10.8 Å². The van der Waals surface area contributed by atoms with E-state index in [2.05, 4.69) is 196 Å². The summed E-state index contributed by atoms with van der Waals surface area (Å²) < 4.78 is 6.68. The summed E-state index contributed by atoms with van der Waals surface area (Å²) in [6.45, 7) is 9.60. The smallest absolute Gasteiger partial charge is 0.132 e. The average molecular weight is 734 g/mol. The van der Waals surface area contributed by atoms with Crippen LogP contribution in [0.25, 0.3) is 27.8 Å². The molecule has 0 saturated heterocycles. The second-order valence-electron chi connectivity index (χ2n) is 17.5. The number of para-hydroxylation sites is 2. The van der Waals surface area contributed by atoms with E-state index in [9.17, 15) is 0 Å². The fourth-order valence-electron chi connectivity index (χ4n) is 11.4. The first-order valence-corrected chi connectivity index (χ1v) is 20.5. The normalized spacial score (nSPS) is 17.4. The minimum atomic E-state index is -0.546. The van der Waals surface area contributed by atoms with E-state index in [0.29, 0.717) is 0 Å². The number of ether oxygens (including phenoxy) is 1. The standard InChI is InChI=1S/C55H43NO/c1-53(2)43-18-8-5-15-37(43)40-28-25-34(31-48(40)53)56(35-26-29-41-38-16-6-9-19-44(38)54(3,4)49(41)32-35)36-27-30-42-39-17-7-10-20-45(39)55(50(42)33-36)46-21-11-13-23-51(46)57-52-24-14-12-22-47(52)55/h5-8,10-18,20-33H,9,19H2,1-4H3. The van der Waals surface area contributed by atoms with Crippen LogP contribution in [0.5, 0.6) is 11.5 Å². The zero-order valence-corrected chi connectivity index (χ0v) is 32.9. The van der Waals surface area contributed by atoms with Crippen LogP contribution in [-0.2, 0) is 16.2 Å². The number of allylic oxidation sites excluding steroid dienone is 4. The van der Waals surface area contributed by atoms with Crippen molar-refractivity contribution < 1.29 is 4.74 Å². The molecule has 5 aliphatic rings. The van der Waals surface area contributed by atoms with Crippen LogP contribution in [0.1, 0.15) is 85.0 Å². The number of anilines is 3. The minimum Gasteiger partial charge on any atom is -0.457 e. The van der Waals surface area contributed by atoms with Gasteiger partial charge in [-0.1, -0.05) is 149 Å². The van der Waals surface area contributed by atoms with E-state index in [1.54, 1.807) is 5.57 Å². The highest BCUT2D eigenvalue weighted by atomic mass is 16.5. The molecular formula is C55H43NO. The lowest BCUT2D eigenvalue weighted by molar-refractivity contribution is 0.436. The maximum absolute atomic E-state index is 6.68. The van der Waals surface area contributed by atoms with Crippen molar-refractivity contribution in [1.29, 1.82) is 0 Å². The Hall–Kier alpha value is -6.38. The third-order valence-electron chi connectivity index (χ3n) is 14.1. The molecule has 0 aromatic heterocycles. The second-order valence-corrected chi connectivity index (χ2v) is 17.5. The Morgan fingerprint density at radius 1 is 0.439 bits per heavy atom. The Morgan fingerprint density at radius 3 is 1.56 bits per heavy atom. The number of hydrogen-bond acceptors (Lipinski definition) is 2. The van der Waals surface area contributed by atoms with Gasteiger partial charge in [0.2, 0.25) is 0 Å². The molecule has 274 valence electrons. The van der Waals surface area contributed by atoms with Gasteiger partial charge in [-0.05, 0) is 123 Å². The summed E-state index contributed by atoms with van der Waals surface area (Å²) in [6, 6.07) is 56.9. The number of benzene rings is 7. The second kappa shape index (κ2) is 11.4. The molecule has 0 N–H and O–H groups in total. The van der Waals surface area contributed by atoms with Gasteiger partial charge in [0.1, 0.15) is 11.5 Å². The number of fused-ring (bicyclic) bond motifs is 14. The molecule has 0 unspecified atom stereocenters. The topological polar surface area (TPSA) is 12.5 Å². The van der Waals surface area contributed by atoms with Gasteiger partial charge in [0.25, 0.3) is 0 Å². The molecule has 0 bridgehead atoms. The van der Waals surface area contributed by atoms with Crippen molar-refractivity contribution in [1.82, 2.24) is 0 Å². The summed E-state index contributed by atoms with van der Waals surface area (Å²) in [7, 11) is 0. The zero-order valence-electron chi connectivity index (χ0n) is 32.9. The van der Waals surface area contributed by atoms with Crippen molar-refractivity contribution in [2.75, 3.05) is 4.90 Å². The van der Waals surface area contributed by atoms with Crippen molar-refractivity contribution in [2.45, 2.75) is 56.8 Å². The average Bonchev–Trinajstić information content (AvgIpc) is 3.76. The van der Waals surface area contributed by atoms with Crippen LogP contribution in [0.2, 0.25) is 0 Å². The van der Waals surface area contributed by atoms with Crippen molar-refractivity contribution >= 4 is 22.6 Å². The van der Waals surface area contributed by atoms with Crippen LogP contribution in [0, 0.1) is 0 Å². The maximum atomic E-state index is 6.68. The molecule has 12 rings (SSSR count). The molecule has 1 heterocycles. The first-order valence-electron chi connectivity index (χ1n) is 20.5. The summed E-state index contributed by atoms with van der Waals surface area (Å²) in [6.07, 6.45) is 6.94. The Kier molecular flexibility index (Phi) is 6.54. The molecule has 0 saturated carbocycles. The van der Waals surface area contributed by atoms with Gasteiger partial charge in [0.15, 0.2) is 0 Å².